The molecule has 0 spiro atoms. The highest BCUT2D eigenvalue weighted by atomic mass is 35.5. The van der Waals surface area contributed by atoms with Crippen molar-refractivity contribution < 1.29 is 23.8 Å². The van der Waals surface area contributed by atoms with Crippen molar-refractivity contribution in [2.75, 3.05) is 46.4 Å². The maximum Gasteiger partial charge on any atom is 0.335 e. The Morgan fingerprint density at radius 3 is 2.32 bits per heavy atom. The average Bonchev–Trinajstić information content (AvgIpc) is 3.50. The predicted octanol–water partition coefficient (Wildman–Crippen LogP) is 5.42. The van der Waals surface area contributed by atoms with Gasteiger partial charge in [-0.2, -0.15) is 0 Å². The highest BCUT2D eigenvalue weighted by molar-refractivity contribution is 6.35. The molecule has 4 heterocycles. The number of carbonyl (C=O) groups excluding carboxylic acids is 1. The van der Waals surface area contributed by atoms with Crippen LogP contribution in [0.3, 0.4) is 0 Å². The first kappa shape index (κ1) is 30.7. The van der Waals surface area contributed by atoms with E-state index >= 15 is 0 Å². The Morgan fingerprint density at radius 1 is 1.02 bits per heavy atom. The molecule has 2 aliphatic rings. The van der Waals surface area contributed by atoms with Gasteiger partial charge in [-0.1, -0.05) is 29.3 Å². The summed E-state index contributed by atoms with van der Waals surface area (Å²) in [6.07, 6.45) is 2.50. The molecule has 9 nitrogen and oxygen atoms in total. The lowest BCUT2D eigenvalue weighted by Gasteiger charge is -2.31. The number of carboxylic acid groups (broad SMARTS) is 1. The van der Waals surface area contributed by atoms with E-state index in [9.17, 15) is 9.59 Å². The normalized spacial score (nSPS) is 15.3. The van der Waals surface area contributed by atoms with Crippen molar-refractivity contribution in [1.29, 1.82) is 0 Å². The molecule has 0 aliphatic carbocycles. The third-order valence-electron chi connectivity index (χ3n) is 6.94. The number of carboxylic acids is 1. The van der Waals surface area contributed by atoms with E-state index in [-0.39, 0.29) is 0 Å². The molecule has 1 N–H and O–H groups in total. The van der Waals surface area contributed by atoms with Crippen LogP contribution in [0.25, 0.3) is 11.0 Å². The number of hydrogen-bond donors (Lipinski definition) is 1. The number of nitrogens with zero attached hydrogens (tertiary/aromatic N) is 4. The second-order valence-corrected chi connectivity index (χ2v) is 10.8. The van der Waals surface area contributed by atoms with Crippen LogP contribution in [-0.2, 0) is 24.8 Å². The number of aryl methyl sites for hydroxylation is 1. The minimum absolute atomic E-state index is 0.302. The highest BCUT2D eigenvalue weighted by Crippen LogP contribution is 2.24. The lowest BCUT2D eigenvalue weighted by molar-refractivity contribution is 0.0367. The maximum atomic E-state index is 11.1. The molecule has 2 aromatic heterocycles. The van der Waals surface area contributed by atoms with Crippen molar-refractivity contribution in [3.05, 3.63) is 87.0 Å². The van der Waals surface area contributed by atoms with E-state index in [4.69, 9.17) is 37.5 Å². The monoisotopic (exact) mass is 600 g/mol. The number of ether oxygens (including phenoxy) is 1. The molecule has 41 heavy (non-hydrogen) atoms. The SMILES string of the molecule is C1COC1.CN1CCN(Cc2nc3ccc(C(=O)O)cc3n2C)CC1.O=Cc1ccc(Cc2ccc(Cl)cc2Cl)o1. The fourth-order valence-electron chi connectivity index (χ4n) is 4.27. The van der Waals surface area contributed by atoms with E-state index < -0.39 is 5.97 Å². The predicted molar refractivity (Wildman–Crippen MR) is 159 cm³/mol. The first-order valence-corrected chi connectivity index (χ1v) is 14.1. The second kappa shape index (κ2) is 14.6. The topological polar surface area (TPSA) is 101 Å². The Hall–Kier alpha value is -3.21. The van der Waals surface area contributed by atoms with Crippen molar-refractivity contribution in [1.82, 2.24) is 19.4 Å². The van der Waals surface area contributed by atoms with Crippen LogP contribution in [0, 0.1) is 0 Å². The van der Waals surface area contributed by atoms with Crippen LogP contribution >= 0.6 is 23.2 Å². The zero-order valence-corrected chi connectivity index (χ0v) is 24.7. The largest absolute Gasteiger partial charge is 0.478 e. The van der Waals surface area contributed by atoms with Crippen molar-refractivity contribution in [3.63, 3.8) is 0 Å². The number of benzene rings is 2. The van der Waals surface area contributed by atoms with Crippen molar-refractivity contribution in [2.45, 2.75) is 19.4 Å². The number of aromatic nitrogens is 2. The van der Waals surface area contributed by atoms with E-state index in [1.54, 1.807) is 42.5 Å². The van der Waals surface area contributed by atoms with Crippen LogP contribution in [0.2, 0.25) is 10.0 Å². The van der Waals surface area contributed by atoms with Gasteiger partial charge < -0.3 is 23.7 Å². The third kappa shape index (κ3) is 8.64. The highest BCUT2D eigenvalue weighted by Gasteiger charge is 2.17. The number of carbonyl (C=O) groups is 2. The number of fused-ring (bicyclic) bond motifs is 1. The van der Waals surface area contributed by atoms with Crippen molar-refractivity contribution >= 4 is 46.5 Å². The Kier molecular flexibility index (Phi) is 11.0. The molecule has 0 bridgehead atoms. The minimum atomic E-state index is -0.904. The molecule has 0 unspecified atom stereocenters. The van der Waals surface area contributed by atoms with Gasteiger partial charge in [0.05, 0.1) is 23.1 Å². The summed E-state index contributed by atoms with van der Waals surface area (Å²) in [5.74, 6) is 1.10. The van der Waals surface area contributed by atoms with Crippen LogP contribution in [0.1, 0.15) is 44.5 Å². The van der Waals surface area contributed by atoms with Crippen molar-refractivity contribution in [3.8, 4) is 0 Å². The van der Waals surface area contributed by atoms with Gasteiger partial charge in [0, 0.05) is 62.9 Å². The zero-order chi connectivity index (χ0) is 29.4. The summed E-state index contributed by atoms with van der Waals surface area (Å²) >= 11 is 11.8. The Bertz CT molecular complexity index is 1470. The number of furan rings is 1. The zero-order valence-electron chi connectivity index (χ0n) is 23.2. The molecule has 4 aromatic rings. The smallest absolute Gasteiger partial charge is 0.335 e. The first-order chi connectivity index (χ1) is 19.7. The van der Waals surface area contributed by atoms with Gasteiger partial charge in [-0.3, -0.25) is 9.69 Å². The standard InChI is InChI=1S/C15H20N4O2.C12H8Cl2O2.C3H6O/c1-17-5-7-19(8-6-17)10-14-16-12-4-3-11(15(20)21)9-13(12)18(14)2;13-9-2-1-8(12(14)6-9)5-10-3-4-11(7-15)16-10;1-2-4-3-1/h3-4,9H,5-8,10H2,1-2H3,(H,20,21);1-4,6-7H,5H2;1-3H2. The van der Waals surface area contributed by atoms with E-state index in [1.165, 1.54) is 6.42 Å². The molecule has 218 valence electrons. The van der Waals surface area contributed by atoms with Gasteiger partial charge in [0.15, 0.2) is 12.0 Å². The summed E-state index contributed by atoms with van der Waals surface area (Å²) < 4.78 is 12.0. The van der Waals surface area contributed by atoms with Crippen LogP contribution < -0.4 is 0 Å². The van der Waals surface area contributed by atoms with E-state index in [0.29, 0.717) is 39.8 Å². The summed E-state index contributed by atoms with van der Waals surface area (Å²) in [5, 5.41) is 10.3. The van der Waals surface area contributed by atoms with E-state index in [0.717, 1.165) is 68.4 Å². The number of hydrogen-bond acceptors (Lipinski definition) is 7. The van der Waals surface area contributed by atoms with Gasteiger partial charge in [0.1, 0.15) is 11.6 Å². The van der Waals surface area contributed by atoms with E-state index in [2.05, 4.69) is 21.8 Å². The van der Waals surface area contributed by atoms with Gasteiger partial charge in [0.25, 0.3) is 0 Å². The number of aromatic carboxylic acids is 1. The molecule has 0 saturated carbocycles. The molecule has 2 saturated heterocycles. The van der Waals surface area contributed by atoms with Crippen molar-refractivity contribution in [2.24, 2.45) is 7.05 Å². The summed E-state index contributed by atoms with van der Waals surface area (Å²) in [7, 11) is 4.09. The molecule has 6 rings (SSSR count). The summed E-state index contributed by atoms with van der Waals surface area (Å²) in [5.41, 5.74) is 2.94. The lowest BCUT2D eigenvalue weighted by atomic mass is 10.1. The number of likely N-dealkylation sites (N-methyl/N-ethyl adjacent to an activating group) is 1. The van der Waals surface area contributed by atoms with Gasteiger partial charge >= 0.3 is 5.97 Å². The Balaban J connectivity index is 0.000000171. The molecule has 0 amide bonds. The molecule has 2 aromatic carbocycles. The minimum Gasteiger partial charge on any atom is -0.478 e. The molecular formula is C30H34Cl2N4O5. The molecule has 2 aliphatic heterocycles. The number of piperazine rings is 1. The van der Waals surface area contributed by atoms with Gasteiger partial charge in [-0.15, -0.1) is 0 Å². The Labute approximate surface area is 249 Å². The molecule has 11 heteroatoms. The molecular weight excluding hydrogens is 567 g/mol. The maximum absolute atomic E-state index is 11.1. The third-order valence-corrected chi connectivity index (χ3v) is 7.52. The summed E-state index contributed by atoms with van der Waals surface area (Å²) in [6, 6.07) is 13.8. The van der Waals surface area contributed by atoms with Gasteiger partial charge in [0.2, 0.25) is 0 Å². The average molecular weight is 602 g/mol. The van der Waals surface area contributed by atoms with Gasteiger partial charge in [-0.25, -0.2) is 9.78 Å². The fourth-order valence-corrected chi connectivity index (χ4v) is 4.75. The van der Waals surface area contributed by atoms with Crippen LogP contribution in [0.15, 0.2) is 52.9 Å². The van der Waals surface area contributed by atoms with Crippen LogP contribution in [0.4, 0.5) is 0 Å². The number of aldehydes is 1. The summed E-state index contributed by atoms with van der Waals surface area (Å²) in [4.78, 5) is 30.9. The molecule has 0 radical (unpaired) electrons. The van der Waals surface area contributed by atoms with E-state index in [1.807, 2.05) is 17.7 Å². The van der Waals surface area contributed by atoms with Gasteiger partial charge in [-0.05, 0) is 61.5 Å². The van der Waals surface area contributed by atoms with Crippen LogP contribution in [0.5, 0.6) is 0 Å². The number of imidazole rings is 1. The summed E-state index contributed by atoms with van der Waals surface area (Å²) in [6.45, 7) is 7.04. The lowest BCUT2D eigenvalue weighted by Crippen LogP contribution is -2.44. The number of halogens is 2. The quantitative estimate of drug-likeness (QED) is 0.293. The molecule has 2 fully saturated rings. The Morgan fingerprint density at radius 2 is 1.73 bits per heavy atom. The van der Waals surface area contributed by atoms with Crippen LogP contribution in [-0.4, -0.2) is 83.2 Å². The fraction of sp³-hybridized carbons (Fsp3) is 0.367. The number of rotatable bonds is 6. The molecule has 0 atom stereocenters. The second-order valence-electron chi connectivity index (χ2n) is 9.98. The first-order valence-electron chi connectivity index (χ1n) is 13.4.